The molecule has 1 unspecified atom stereocenters. The van der Waals surface area contributed by atoms with E-state index in [1.807, 2.05) is 42.5 Å². The van der Waals surface area contributed by atoms with Gasteiger partial charge in [0.05, 0.1) is 0 Å². The Bertz CT molecular complexity index is 551. The molecule has 4 heteroatoms. The first-order valence-electron chi connectivity index (χ1n) is 5.86. The maximum atomic E-state index is 10.5. The van der Waals surface area contributed by atoms with Crippen molar-refractivity contribution in [3.05, 3.63) is 54.6 Å². The predicted molar refractivity (Wildman–Crippen MR) is 71.0 cm³/mol. The summed E-state index contributed by atoms with van der Waals surface area (Å²) in [6.45, 7) is -0.279. The average Bonchev–Trinajstić information content (AvgIpc) is 2.46. The molecule has 0 bridgehead atoms. The van der Waals surface area contributed by atoms with Crippen LogP contribution in [0.2, 0.25) is 0 Å². The lowest BCUT2D eigenvalue weighted by Crippen LogP contribution is -2.26. The van der Waals surface area contributed by atoms with E-state index in [1.165, 1.54) is 0 Å². The Morgan fingerprint density at radius 1 is 1.05 bits per heavy atom. The van der Waals surface area contributed by atoms with Crippen molar-refractivity contribution < 1.29 is 19.7 Å². The summed E-state index contributed by atoms with van der Waals surface area (Å²) < 4.78 is 5.38. The lowest BCUT2D eigenvalue weighted by molar-refractivity contribution is -0.148. The number of carboxylic acid groups (broad SMARTS) is 1. The lowest BCUT2D eigenvalue weighted by Gasteiger charge is -2.12. The first kappa shape index (κ1) is 13.1. The predicted octanol–water partition coefficient (Wildman–Crippen LogP) is 2.18. The summed E-state index contributed by atoms with van der Waals surface area (Å²) in [6, 6.07) is 16.9. The maximum absolute atomic E-state index is 10.5. The maximum Gasteiger partial charge on any atom is 0.336 e. The minimum atomic E-state index is -1.52. The topological polar surface area (TPSA) is 66.8 Å². The molecule has 4 nitrogen and oxygen atoms in total. The first-order chi connectivity index (χ1) is 9.18. The molecule has 0 aliphatic rings. The van der Waals surface area contributed by atoms with E-state index in [9.17, 15) is 9.90 Å². The van der Waals surface area contributed by atoms with Gasteiger partial charge in [-0.25, -0.2) is 4.79 Å². The molecule has 2 aromatic carbocycles. The normalized spacial score (nSPS) is 11.8. The molecule has 0 aromatic heterocycles. The summed E-state index contributed by atoms with van der Waals surface area (Å²) in [5.41, 5.74) is 1.84. The van der Waals surface area contributed by atoms with Gasteiger partial charge < -0.3 is 14.9 Å². The smallest absolute Gasteiger partial charge is 0.336 e. The van der Waals surface area contributed by atoms with Gasteiger partial charge in [0.15, 0.2) is 6.10 Å². The molecule has 2 rings (SSSR count). The third-order valence-electron chi connectivity index (χ3n) is 2.65. The highest BCUT2D eigenvalue weighted by Crippen LogP contribution is 2.29. The van der Waals surface area contributed by atoms with Crippen molar-refractivity contribution in [2.24, 2.45) is 0 Å². The van der Waals surface area contributed by atoms with Gasteiger partial charge in [-0.3, -0.25) is 0 Å². The van der Waals surface area contributed by atoms with Gasteiger partial charge in [-0.1, -0.05) is 48.5 Å². The summed E-state index contributed by atoms with van der Waals surface area (Å²) in [7, 11) is 0. The summed E-state index contributed by atoms with van der Waals surface area (Å²) in [5, 5.41) is 17.8. The van der Waals surface area contributed by atoms with Gasteiger partial charge in [0.1, 0.15) is 12.4 Å². The van der Waals surface area contributed by atoms with Gasteiger partial charge >= 0.3 is 5.97 Å². The molecule has 0 radical (unpaired) electrons. The monoisotopic (exact) mass is 258 g/mol. The molecule has 98 valence electrons. The number of aliphatic carboxylic acids is 1. The van der Waals surface area contributed by atoms with Crippen LogP contribution in [-0.2, 0) is 4.79 Å². The zero-order valence-corrected chi connectivity index (χ0v) is 10.2. The fourth-order valence-electron chi connectivity index (χ4n) is 1.69. The minimum Gasteiger partial charge on any atom is -0.490 e. The Balaban J connectivity index is 2.20. The number of carboxylic acids is 1. The highest BCUT2D eigenvalue weighted by Gasteiger charge is 2.15. The second kappa shape index (κ2) is 6.02. The van der Waals surface area contributed by atoms with Gasteiger partial charge in [-0.2, -0.15) is 0 Å². The van der Waals surface area contributed by atoms with E-state index in [-0.39, 0.29) is 6.61 Å². The summed E-state index contributed by atoms with van der Waals surface area (Å²) in [4.78, 5) is 10.5. The standard InChI is InChI=1S/C15H14O4/c16-13(15(17)18)10-19-14-9-5-4-8-12(14)11-6-2-1-3-7-11/h1-9,13,16H,10H2,(H,17,18). The Labute approximate surface area is 110 Å². The molecule has 0 amide bonds. The number of hydrogen-bond donors (Lipinski definition) is 2. The molecular formula is C15H14O4. The van der Waals surface area contributed by atoms with E-state index in [0.29, 0.717) is 5.75 Å². The summed E-state index contributed by atoms with van der Waals surface area (Å²) >= 11 is 0. The molecule has 2 N–H and O–H groups in total. The van der Waals surface area contributed by atoms with E-state index in [4.69, 9.17) is 9.84 Å². The van der Waals surface area contributed by atoms with E-state index in [1.54, 1.807) is 12.1 Å². The third kappa shape index (κ3) is 3.33. The Hall–Kier alpha value is -2.33. The van der Waals surface area contributed by atoms with Crippen molar-refractivity contribution in [3.63, 3.8) is 0 Å². The van der Waals surface area contributed by atoms with Crippen molar-refractivity contribution in [2.45, 2.75) is 6.10 Å². The number of rotatable bonds is 5. The Morgan fingerprint density at radius 2 is 1.68 bits per heavy atom. The molecule has 0 saturated heterocycles. The minimum absolute atomic E-state index is 0.279. The van der Waals surface area contributed by atoms with Crippen molar-refractivity contribution >= 4 is 5.97 Å². The van der Waals surface area contributed by atoms with Crippen LogP contribution in [0.25, 0.3) is 11.1 Å². The van der Waals surface area contributed by atoms with Crippen LogP contribution in [-0.4, -0.2) is 28.9 Å². The summed E-state index contributed by atoms with van der Waals surface area (Å²) in [5.74, 6) is -0.744. The van der Waals surface area contributed by atoms with Gasteiger partial charge in [0, 0.05) is 5.56 Å². The SMILES string of the molecule is O=C(O)C(O)COc1ccccc1-c1ccccc1. The Morgan fingerprint density at radius 3 is 2.37 bits per heavy atom. The van der Waals surface area contributed by atoms with Crippen LogP contribution >= 0.6 is 0 Å². The second-order valence-electron chi connectivity index (χ2n) is 4.03. The molecule has 0 spiro atoms. The lowest BCUT2D eigenvalue weighted by atomic mass is 10.1. The van der Waals surface area contributed by atoms with Gasteiger partial charge in [0.2, 0.25) is 0 Å². The number of ether oxygens (including phenoxy) is 1. The van der Waals surface area contributed by atoms with Gasteiger partial charge in [-0.05, 0) is 11.6 Å². The number of para-hydroxylation sites is 1. The molecule has 19 heavy (non-hydrogen) atoms. The molecule has 0 heterocycles. The highest BCUT2D eigenvalue weighted by atomic mass is 16.5. The number of hydrogen-bond acceptors (Lipinski definition) is 3. The van der Waals surface area contributed by atoms with Gasteiger partial charge in [0.25, 0.3) is 0 Å². The second-order valence-corrected chi connectivity index (χ2v) is 4.03. The zero-order chi connectivity index (χ0) is 13.7. The van der Waals surface area contributed by atoms with E-state index in [0.717, 1.165) is 11.1 Å². The third-order valence-corrected chi connectivity index (χ3v) is 2.65. The fourth-order valence-corrected chi connectivity index (χ4v) is 1.69. The van der Waals surface area contributed by atoms with E-state index < -0.39 is 12.1 Å². The molecular weight excluding hydrogens is 244 g/mol. The van der Waals surface area contributed by atoms with Crippen molar-refractivity contribution in [3.8, 4) is 16.9 Å². The number of benzene rings is 2. The first-order valence-corrected chi connectivity index (χ1v) is 5.86. The molecule has 0 saturated carbocycles. The molecule has 2 aromatic rings. The van der Waals surface area contributed by atoms with Crippen LogP contribution in [0.15, 0.2) is 54.6 Å². The van der Waals surface area contributed by atoms with E-state index >= 15 is 0 Å². The number of aliphatic hydroxyl groups excluding tert-OH is 1. The summed E-state index contributed by atoms with van der Waals surface area (Å²) in [6.07, 6.45) is -1.52. The largest absolute Gasteiger partial charge is 0.490 e. The number of aliphatic hydroxyl groups is 1. The molecule has 0 aliphatic heterocycles. The highest BCUT2D eigenvalue weighted by molar-refractivity contribution is 5.72. The van der Waals surface area contributed by atoms with Crippen LogP contribution in [0.5, 0.6) is 5.75 Å². The van der Waals surface area contributed by atoms with E-state index in [2.05, 4.69) is 0 Å². The molecule has 0 aliphatic carbocycles. The van der Waals surface area contributed by atoms with Crippen molar-refractivity contribution in [1.29, 1.82) is 0 Å². The van der Waals surface area contributed by atoms with Crippen LogP contribution in [0.3, 0.4) is 0 Å². The van der Waals surface area contributed by atoms with Crippen LogP contribution in [0.4, 0.5) is 0 Å². The van der Waals surface area contributed by atoms with Gasteiger partial charge in [-0.15, -0.1) is 0 Å². The average molecular weight is 258 g/mol. The van der Waals surface area contributed by atoms with Crippen molar-refractivity contribution in [2.75, 3.05) is 6.61 Å². The molecule has 0 fully saturated rings. The van der Waals surface area contributed by atoms with Crippen LogP contribution < -0.4 is 4.74 Å². The van der Waals surface area contributed by atoms with Crippen LogP contribution in [0.1, 0.15) is 0 Å². The molecule has 1 atom stereocenters. The van der Waals surface area contributed by atoms with Crippen molar-refractivity contribution in [1.82, 2.24) is 0 Å². The quantitative estimate of drug-likeness (QED) is 0.862. The fraction of sp³-hybridized carbons (Fsp3) is 0.133. The Kier molecular flexibility index (Phi) is 4.15. The van der Waals surface area contributed by atoms with Crippen LogP contribution in [0, 0.1) is 0 Å². The zero-order valence-electron chi connectivity index (χ0n) is 10.2. The number of carbonyl (C=O) groups is 1.